The fourth-order valence-electron chi connectivity index (χ4n) is 3.25. The lowest BCUT2D eigenvalue weighted by atomic mass is 10.0. The van der Waals surface area contributed by atoms with Gasteiger partial charge in [-0.25, -0.2) is 4.79 Å². The number of aliphatic hydroxyl groups is 1. The van der Waals surface area contributed by atoms with Crippen LogP contribution < -0.4 is 10.6 Å². The molecule has 0 saturated carbocycles. The summed E-state index contributed by atoms with van der Waals surface area (Å²) in [7, 11) is 0. The summed E-state index contributed by atoms with van der Waals surface area (Å²) in [6.07, 6.45) is 2.06. The molecule has 0 spiro atoms. The van der Waals surface area contributed by atoms with Crippen LogP contribution in [0.1, 0.15) is 72.4 Å². The van der Waals surface area contributed by atoms with Crippen molar-refractivity contribution in [2.24, 2.45) is 0 Å². The van der Waals surface area contributed by atoms with E-state index in [1.807, 2.05) is 6.07 Å². The molecule has 0 aliphatic rings. The molecule has 1 aromatic rings. The Hall–Kier alpha value is -2.61. The van der Waals surface area contributed by atoms with Crippen molar-refractivity contribution in [3.63, 3.8) is 0 Å². The van der Waals surface area contributed by atoms with E-state index in [-0.39, 0.29) is 11.9 Å². The van der Waals surface area contributed by atoms with Gasteiger partial charge in [0.1, 0.15) is 17.7 Å². The van der Waals surface area contributed by atoms with E-state index in [0.717, 1.165) is 19.3 Å². The highest BCUT2D eigenvalue weighted by Crippen LogP contribution is 2.25. The second kappa shape index (κ2) is 13.1. The highest BCUT2D eigenvalue weighted by atomic mass is 16.6. The molecule has 3 N–H and O–H groups in total. The van der Waals surface area contributed by atoms with E-state index < -0.39 is 36.3 Å². The summed E-state index contributed by atoms with van der Waals surface area (Å²) in [5, 5.41) is 15.2. The predicted octanol–water partition coefficient (Wildman–Crippen LogP) is 3.16. The van der Waals surface area contributed by atoms with Gasteiger partial charge < -0.3 is 25.4 Å². The van der Waals surface area contributed by atoms with Gasteiger partial charge in [-0.05, 0) is 46.6 Å². The number of benzene rings is 1. The van der Waals surface area contributed by atoms with Crippen LogP contribution >= 0.6 is 0 Å². The second-order valence-electron chi connectivity index (χ2n) is 9.03. The summed E-state index contributed by atoms with van der Waals surface area (Å²) in [5.74, 6) is -0.866. The van der Waals surface area contributed by atoms with Crippen molar-refractivity contribution in [3.05, 3.63) is 35.9 Å². The fraction of sp³-hybridized carbons (Fsp3) is 0.625. The van der Waals surface area contributed by atoms with E-state index in [2.05, 4.69) is 17.6 Å². The van der Waals surface area contributed by atoms with Crippen molar-refractivity contribution in [1.82, 2.24) is 15.5 Å². The van der Waals surface area contributed by atoms with Gasteiger partial charge in [0.15, 0.2) is 0 Å². The summed E-state index contributed by atoms with van der Waals surface area (Å²) in [5.41, 5.74) is -0.105. The van der Waals surface area contributed by atoms with Crippen LogP contribution in [0, 0.1) is 0 Å². The van der Waals surface area contributed by atoms with Gasteiger partial charge in [-0.15, -0.1) is 0 Å². The number of unbranched alkanes of at least 4 members (excludes halogenated alkanes) is 2. The van der Waals surface area contributed by atoms with Crippen molar-refractivity contribution < 1.29 is 24.2 Å². The second-order valence-corrected chi connectivity index (χ2v) is 9.03. The molecule has 180 valence electrons. The van der Waals surface area contributed by atoms with Crippen molar-refractivity contribution in [2.75, 3.05) is 13.2 Å². The molecule has 0 heterocycles. The molecular weight excluding hydrogens is 410 g/mol. The van der Waals surface area contributed by atoms with Crippen LogP contribution in [0.15, 0.2) is 30.3 Å². The normalized spacial score (nSPS) is 13.2. The lowest BCUT2D eigenvalue weighted by molar-refractivity contribution is -0.145. The molecule has 0 aliphatic carbocycles. The van der Waals surface area contributed by atoms with E-state index in [1.54, 1.807) is 58.9 Å². The Morgan fingerprint density at radius 2 is 1.72 bits per heavy atom. The zero-order valence-corrected chi connectivity index (χ0v) is 20.2. The van der Waals surface area contributed by atoms with E-state index in [0.29, 0.717) is 12.1 Å². The summed E-state index contributed by atoms with van der Waals surface area (Å²) >= 11 is 0. The van der Waals surface area contributed by atoms with Gasteiger partial charge >= 0.3 is 6.09 Å². The molecule has 0 aliphatic heterocycles. The number of hydrogen-bond donors (Lipinski definition) is 3. The molecule has 32 heavy (non-hydrogen) atoms. The van der Waals surface area contributed by atoms with Gasteiger partial charge in [0, 0.05) is 12.6 Å². The number of carbonyl (C=O) groups excluding carboxylic acids is 3. The van der Waals surface area contributed by atoms with Gasteiger partial charge in [-0.2, -0.15) is 0 Å². The van der Waals surface area contributed by atoms with Crippen LogP contribution in [-0.4, -0.2) is 58.8 Å². The number of hydrogen-bond acceptors (Lipinski definition) is 5. The third-order valence-corrected chi connectivity index (χ3v) is 4.70. The largest absolute Gasteiger partial charge is 0.444 e. The predicted molar refractivity (Wildman–Crippen MR) is 124 cm³/mol. The molecule has 8 heteroatoms. The molecule has 2 atom stereocenters. The molecule has 0 aromatic heterocycles. The Morgan fingerprint density at radius 1 is 1.09 bits per heavy atom. The van der Waals surface area contributed by atoms with Gasteiger partial charge in [-0.1, -0.05) is 50.1 Å². The van der Waals surface area contributed by atoms with Crippen molar-refractivity contribution in [2.45, 2.75) is 84.5 Å². The van der Waals surface area contributed by atoms with Crippen LogP contribution in [0.5, 0.6) is 0 Å². The number of amides is 3. The quantitative estimate of drug-likeness (QED) is 0.450. The first-order valence-electron chi connectivity index (χ1n) is 11.3. The summed E-state index contributed by atoms with van der Waals surface area (Å²) in [4.78, 5) is 40.2. The van der Waals surface area contributed by atoms with Crippen LogP contribution in [0.3, 0.4) is 0 Å². The molecular formula is C24H39N3O5. The number of nitrogens with one attached hydrogen (secondary N) is 2. The van der Waals surface area contributed by atoms with Gasteiger partial charge in [-0.3, -0.25) is 9.59 Å². The minimum atomic E-state index is -1.24. The maximum atomic E-state index is 13.4. The SMILES string of the molecule is CCCCCNC(=O)C(c1ccccc1)N(C(=O)C(CO)NC(=O)OC(C)(C)C)C(C)C. The highest BCUT2D eigenvalue weighted by molar-refractivity contribution is 5.92. The maximum Gasteiger partial charge on any atom is 0.408 e. The Labute approximate surface area is 191 Å². The zero-order chi connectivity index (χ0) is 24.3. The van der Waals surface area contributed by atoms with Crippen LogP contribution in [0.25, 0.3) is 0 Å². The number of aliphatic hydroxyl groups excluding tert-OH is 1. The molecule has 0 bridgehead atoms. The smallest absolute Gasteiger partial charge is 0.408 e. The van der Waals surface area contributed by atoms with Crippen molar-refractivity contribution in [1.29, 1.82) is 0 Å². The molecule has 8 nitrogen and oxygen atoms in total. The molecule has 1 aromatic carbocycles. The van der Waals surface area contributed by atoms with Gasteiger partial charge in [0.2, 0.25) is 11.8 Å². The number of rotatable bonds is 11. The first-order chi connectivity index (χ1) is 15.0. The molecule has 1 rings (SSSR count). The lowest BCUT2D eigenvalue weighted by Gasteiger charge is -2.36. The Bertz CT molecular complexity index is 731. The van der Waals surface area contributed by atoms with Gasteiger partial charge in [0.25, 0.3) is 0 Å². The first-order valence-corrected chi connectivity index (χ1v) is 11.3. The summed E-state index contributed by atoms with van der Waals surface area (Å²) < 4.78 is 5.22. The highest BCUT2D eigenvalue weighted by Gasteiger charge is 2.37. The van der Waals surface area contributed by atoms with Gasteiger partial charge in [0.05, 0.1) is 6.61 Å². The van der Waals surface area contributed by atoms with Crippen molar-refractivity contribution >= 4 is 17.9 Å². The number of ether oxygens (including phenoxy) is 1. The number of carbonyl (C=O) groups is 3. The molecule has 3 amide bonds. The molecule has 0 saturated heterocycles. The van der Waals surface area contributed by atoms with Crippen LogP contribution in [-0.2, 0) is 14.3 Å². The van der Waals surface area contributed by atoms with E-state index in [4.69, 9.17) is 4.74 Å². The Balaban J connectivity index is 3.19. The van der Waals surface area contributed by atoms with Crippen molar-refractivity contribution in [3.8, 4) is 0 Å². The van der Waals surface area contributed by atoms with Crippen LogP contribution in [0.4, 0.5) is 4.79 Å². The zero-order valence-electron chi connectivity index (χ0n) is 20.2. The maximum absolute atomic E-state index is 13.4. The standard InChI is InChI=1S/C24H39N3O5/c1-7-8-12-15-25-21(29)20(18-13-10-9-11-14-18)27(17(2)3)22(30)19(16-28)26-23(31)32-24(4,5)6/h9-11,13-14,17,19-20,28H,7-8,12,15-16H2,1-6H3,(H,25,29)(H,26,31). The lowest BCUT2D eigenvalue weighted by Crippen LogP contribution is -2.56. The van der Waals surface area contributed by atoms with Crippen LogP contribution in [0.2, 0.25) is 0 Å². The average molecular weight is 450 g/mol. The minimum Gasteiger partial charge on any atom is -0.444 e. The van der Waals surface area contributed by atoms with E-state index in [1.165, 1.54) is 4.90 Å². The molecule has 2 unspecified atom stereocenters. The molecule has 0 fully saturated rings. The summed E-state index contributed by atoms with van der Waals surface area (Å²) in [6.45, 7) is 10.7. The Morgan fingerprint density at radius 3 is 2.22 bits per heavy atom. The van der Waals surface area contributed by atoms with E-state index in [9.17, 15) is 19.5 Å². The first kappa shape index (κ1) is 27.4. The minimum absolute atomic E-state index is 0.302. The number of alkyl carbamates (subject to hydrolysis) is 1. The summed E-state index contributed by atoms with van der Waals surface area (Å²) in [6, 6.07) is 6.50. The third-order valence-electron chi connectivity index (χ3n) is 4.70. The third kappa shape index (κ3) is 8.86. The average Bonchev–Trinajstić information content (AvgIpc) is 2.71. The number of nitrogens with zero attached hydrogens (tertiary/aromatic N) is 1. The van der Waals surface area contributed by atoms with E-state index >= 15 is 0 Å². The topological polar surface area (TPSA) is 108 Å². The Kier molecular flexibility index (Phi) is 11.2. The fourth-order valence-corrected chi connectivity index (χ4v) is 3.25. The molecule has 0 radical (unpaired) electrons. The monoisotopic (exact) mass is 449 g/mol.